The monoisotopic (exact) mass is 348 g/mol. The maximum absolute atomic E-state index is 12.0. The Morgan fingerprint density at radius 1 is 1.25 bits per heavy atom. The van der Waals surface area contributed by atoms with Gasteiger partial charge in [0.2, 0.25) is 0 Å². The summed E-state index contributed by atoms with van der Waals surface area (Å²) in [7, 11) is 0. The molecule has 0 bridgehead atoms. The van der Waals surface area contributed by atoms with E-state index in [1.807, 2.05) is 32.0 Å². The molecule has 0 unspecified atom stereocenters. The Bertz CT molecular complexity index is 777. The van der Waals surface area contributed by atoms with Gasteiger partial charge in [0.05, 0.1) is 22.1 Å². The zero-order chi connectivity index (χ0) is 17.7. The van der Waals surface area contributed by atoms with Crippen LogP contribution in [0, 0.1) is 24.0 Å². The van der Waals surface area contributed by atoms with Crippen molar-refractivity contribution < 1.29 is 14.5 Å². The summed E-state index contributed by atoms with van der Waals surface area (Å²) in [5.74, 6) is 0.363. The van der Waals surface area contributed by atoms with Crippen molar-refractivity contribution in [3.8, 4) is 5.75 Å². The molecule has 2 aromatic rings. The van der Waals surface area contributed by atoms with E-state index in [2.05, 4.69) is 5.32 Å². The second-order valence-electron chi connectivity index (χ2n) is 5.29. The van der Waals surface area contributed by atoms with Crippen LogP contribution in [0.1, 0.15) is 21.5 Å². The summed E-state index contributed by atoms with van der Waals surface area (Å²) in [4.78, 5) is 22.1. The van der Waals surface area contributed by atoms with Gasteiger partial charge < -0.3 is 10.1 Å². The average molecular weight is 349 g/mol. The third kappa shape index (κ3) is 4.45. The predicted octanol–water partition coefficient (Wildman–Crippen LogP) is 3.67. The number of nitrogens with one attached hydrogen (secondary N) is 1. The molecule has 7 heteroatoms. The van der Waals surface area contributed by atoms with Crippen LogP contribution in [0.3, 0.4) is 0 Å². The molecule has 0 saturated carbocycles. The average Bonchev–Trinajstić information content (AvgIpc) is 2.52. The second kappa shape index (κ2) is 7.79. The van der Waals surface area contributed by atoms with Gasteiger partial charge >= 0.3 is 0 Å². The van der Waals surface area contributed by atoms with Crippen molar-refractivity contribution in [2.24, 2.45) is 0 Å². The molecule has 0 aromatic heterocycles. The van der Waals surface area contributed by atoms with Gasteiger partial charge in [0.15, 0.2) is 0 Å². The first kappa shape index (κ1) is 17.7. The molecular weight excluding hydrogens is 332 g/mol. The molecule has 0 saturated heterocycles. The summed E-state index contributed by atoms with van der Waals surface area (Å²) in [6, 6.07) is 9.60. The lowest BCUT2D eigenvalue weighted by Crippen LogP contribution is -2.28. The van der Waals surface area contributed by atoms with Crippen LogP contribution in [0.15, 0.2) is 36.4 Å². The minimum Gasteiger partial charge on any atom is -0.491 e. The first-order valence-corrected chi connectivity index (χ1v) is 7.68. The van der Waals surface area contributed by atoms with Gasteiger partial charge in [-0.15, -0.1) is 0 Å². The van der Waals surface area contributed by atoms with Gasteiger partial charge in [0, 0.05) is 12.1 Å². The topological polar surface area (TPSA) is 81.5 Å². The first-order chi connectivity index (χ1) is 11.4. The molecule has 0 aliphatic rings. The normalized spacial score (nSPS) is 10.3. The summed E-state index contributed by atoms with van der Waals surface area (Å²) in [6.45, 7) is 4.56. The number of hydrogen-bond acceptors (Lipinski definition) is 4. The van der Waals surface area contributed by atoms with Gasteiger partial charge in [0.25, 0.3) is 11.6 Å². The number of nitro groups is 1. The highest BCUT2D eigenvalue weighted by Crippen LogP contribution is 2.22. The van der Waals surface area contributed by atoms with Gasteiger partial charge in [-0.1, -0.05) is 29.3 Å². The maximum Gasteiger partial charge on any atom is 0.270 e. The maximum atomic E-state index is 12.0. The van der Waals surface area contributed by atoms with E-state index in [-0.39, 0.29) is 16.3 Å². The summed E-state index contributed by atoms with van der Waals surface area (Å²) >= 11 is 5.92. The summed E-state index contributed by atoms with van der Waals surface area (Å²) in [5.41, 5.74) is 2.21. The smallest absolute Gasteiger partial charge is 0.270 e. The SMILES string of the molecule is Cc1ccc(OCCNC(=O)c2ccc([N+](=O)[O-])cc2Cl)c(C)c1. The van der Waals surface area contributed by atoms with Crippen molar-refractivity contribution in [2.45, 2.75) is 13.8 Å². The minimum atomic E-state index is -0.564. The van der Waals surface area contributed by atoms with E-state index in [1.54, 1.807) is 0 Å². The number of nitro benzene ring substituents is 1. The molecule has 0 aliphatic carbocycles. The van der Waals surface area contributed by atoms with Gasteiger partial charge in [-0.25, -0.2) is 0 Å². The van der Waals surface area contributed by atoms with Gasteiger partial charge in [0.1, 0.15) is 12.4 Å². The molecule has 0 atom stereocenters. The van der Waals surface area contributed by atoms with Gasteiger partial charge in [-0.3, -0.25) is 14.9 Å². The zero-order valence-corrected chi connectivity index (χ0v) is 14.1. The summed E-state index contributed by atoms with van der Waals surface area (Å²) in [6.07, 6.45) is 0. The van der Waals surface area contributed by atoms with Crippen molar-refractivity contribution in [1.82, 2.24) is 5.32 Å². The minimum absolute atomic E-state index is 0.0389. The molecule has 0 heterocycles. The fourth-order valence-electron chi connectivity index (χ4n) is 2.18. The molecule has 2 aromatic carbocycles. The van der Waals surface area contributed by atoms with E-state index in [4.69, 9.17) is 16.3 Å². The number of carbonyl (C=O) groups is 1. The number of rotatable bonds is 6. The highest BCUT2D eigenvalue weighted by Gasteiger charge is 2.14. The van der Waals surface area contributed by atoms with Crippen molar-refractivity contribution >= 4 is 23.2 Å². The number of benzene rings is 2. The standard InChI is InChI=1S/C17H17ClN2O4/c1-11-3-6-16(12(2)9-11)24-8-7-19-17(21)14-5-4-13(20(22)23)10-15(14)18/h3-6,9-10H,7-8H2,1-2H3,(H,19,21). The van der Waals surface area contributed by atoms with Crippen molar-refractivity contribution in [3.05, 3.63) is 68.2 Å². The van der Waals surface area contributed by atoms with E-state index in [0.29, 0.717) is 13.2 Å². The van der Waals surface area contributed by atoms with E-state index in [0.717, 1.165) is 22.9 Å². The third-order valence-electron chi connectivity index (χ3n) is 3.38. The van der Waals surface area contributed by atoms with Crippen LogP contribution in [0.2, 0.25) is 5.02 Å². The van der Waals surface area contributed by atoms with Crippen LogP contribution in [0.4, 0.5) is 5.69 Å². The largest absolute Gasteiger partial charge is 0.491 e. The molecule has 0 radical (unpaired) electrons. The number of halogens is 1. The zero-order valence-electron chi connectivity index (χ0n) is 13.3. The molecular formula is C17H17ClN2O4. The van der Waals surface area contributed by atoms with E-state index in [9.17, 15) is 14.9 Å². The molecule has 24 heavy (non-hydrogen) atoms. The summed E-state index contributed by atoms with van der Waals surface area (Å²) in [5, 5.41) is 13.4. The van der Waals surface area contributed by atoms with Gasteiger partial charge in [-0.2, -0.15) is 0 Å². The molecule has 6 nitrogen and oxygen atoms in total. The predicted molar refractivity (Wildman–Crippen MR) is 91.9 cm³/mol. The Morgan fingerprint density at radius 3 is 2.62 bits per heavy atom. The number of carbonyl (C=O) groups excluding carboxylic acids is 1. The van der Waals surface area contributed by atoms with Crippen LogP contribution in [-0.4, -0.2) is 24.0 Å². The number of nitrogens with zero attached hydrogens (tertiary/aromatic N) is 1. The molecule has 2 rings (SSSR count). The van der Waals surface area contributed by atoms with Crippen molar-refractivity contribution in [3.63, 3.8) is 0 Å². The van der Waals surface area contributed by atoms with E-state index < -0.39 is 10.8 Å². The summed E-state index contributed by atoms with van der Waals surface area (Å²) < 4.78 is 5.62. The molecule has 0 spiro atoms. The molecule has 0 aliphatic heterocycles. The third-order valence-corrected chi connectivity index (χ3v) is 3.70. The molecule has 126 valence electrons. The molecule has 0 fully saturated rings. The fraction of sp³-hybridized carbons (Fsp3) is 0.235. The lowest BCUT2D eigenvalue weighted by molar-refractivity contribution is -0.384. The fourth-order valence-corrected chi connectivity index (χ4v) is 2.44. The van der Waals surface area contributed by atoms with E-state index in [1.165, 1.54) is 12.1 Å². The number of ether oxygens (including phenoxy) is 1. The Kier molecular flexibility index (Phi) is 5.76. The van der Waals surface area contributed by atoms with Crippen LogP contribution < -0.4 is 10.1 Å². The lowest BCUT2D eigenvalue weighted by atomic mass is 10.1. The van der Waals surface area contributed by atoms with Gasteiger partial charge in [-0.05, 0) is 31.5 Å². The Balaban J connectivity index is 1.88. The Hall–Kier alpha value is -2.60. The highest BCUT2D eigenvalue weighted by molar-refractivity contribution is 6.34. The quantitative estimate of drug-likeness (QED) is 0.490. The second-order valence-corrected chi connectivity index (χ2v) is 5.70. The number of hydrogen-bond donors (Lipinski definition) is 1. The number of aryl methyl sites for hydroxylation is 2. The lowest BCUT2D eigenvalue weighted by Gasteiger charge is -2.11. The van der Waals surface area contributed by atoms with Crippen LogP contribution in [0.5, 0.6) is 5.75 Å². The van der Waals surface area contributed by atoms with E-state index >= 15 is 0 Å². The molecule has 1 N–H and O–H groups in total. The highest BCUT2D eigenvalue weighted by atomic mass is 35.5. The van der Waals surface area contributed by atoms with Crippen LogP contribution >= 0.6 is 11.6 Å². The Labute approximate surface area is 144 Å². The van der Waals surface area contributed by atoms with Crippen molar-refractivity contribution in [1.29, 1.82) is 0 Å². The molecule has 1 amide bonds. The number of amides is 1. The first-order valence-electron chi connectivity index (χ1n) is 7.30. The number of non-ortho nitro benzene ring substituents is 1. The van der Waals surface area contributed by atoms with Crippen LogP contribution in [-0.2, 0) is 0 Å². The Morgan fingerprint density at radius 2 is 2.00 bits per heavy atom. The van der Waals surface area contributed by atoms with Crippen molar-refractivity contribution in [2.75, 3.05) is 13.2 Å². The van der Waals surface area contributed by atoms with Crippen LogP contribution in [0.25, 0.3) is 0 Å².